The average molecular weight is 531 g/mol. The number of hydrogen-bond acceptors (Lipinski definition) is 3. The Morgan fingerprint density at radius 1 is 0.579 bits per heavy atom. The van der Waals surface area contributed by atoms with E-state index in [-0.39, 0.29) is 17.2 Å². The lowest BCUT2D eigenvalue weighted by atomic mass is 10.0. The van der Waals surface area contributed by atoms with Crippen molar-refractivity contribution in [1.82, 2.24) is 0 Å². The molecule has 1 unspecified atom stereocenters. The summed E-state index contributed by atoms with van der Waals surface area (Å²) in [5.74, 6) is -1.59. The van der Waals surface area contributed by atoms with Crippen LogP contribution in [0.25, 0.3) is 0 Å². The summed E-state index contributed by atoms with van der Waals surface area (Å²) in [5, 5.41) is 9.42. The highest BCUT2D eigenvalue weighted by molar-refractivity contribution is 6.02. The monoisotopic (exact) mass is 530 g/mol. The van der Waals surface area contributed by atoms with Gasteiger partial charge in [-0.1, -0.05) is 148 Å². The fourth-order valence-corrected chi connectivity index (χ4v) is 5.22. The first-order valence-electron chi connectivity index (χ1n) is 16.1. The number of carbonyl (C=O) groups excluding carboxylic acids is 1. The predicted molar refractivity (Wildman–Crippen MR) is 160 cm³/mol. The standard InChI is InChI=1S/C34H58O4/c1-3-5-7-9-10-11-12-13-14-15-16-17-18-19-21-23-27-30(26-22-20-8-6-4-2)38-34(37)32-29-25-24-28-31(32)33(35)36/h24-25,28-30H,3-23,26-27H2,1-2H3,(H,35,36). The molecule has 0 aliphatic rings. The molecule has 218 valence electrons. The minimum Gasteiger partial charge on any atom is -0.478 e. The Balaban J connectivity index is 2.22. The lowest BCUT2D eigenvalue weighted by Crippen LogP contribution is -2.20. The maximum Gasteiger partial charge on any atom is 0.339 e. The minimum atomic E-state index is -1.09. The quantitative estimate of drug-likeness (QED) is 0.0955. The Morgan fingerprint density at radius 2 is 0.921 bits per heavy atom. The molecule has 0 aromatic heterocycles. The second-order valence-corrected chi connectivity index (χ2v) is 11.2. The Kier molecular flexibility index (Phi) is 21.8. The van der Waals surface area contributed by atoms with Crippen LogP contribution in [-0.4, -0.2) is 23.1 Å². The van der Waals surface area contributed by atoms with Crippen LogP contribution in [0.15, 0.2) is 24.3 Å². The molecule has 0 saturated carbocycles. The molecule has 1 rings (SSSR count). The molecule has 0 bridgehead atoms. The van der Waals surface area contributed by atoms with Crippen LogP contribution in [0.5, 0.6) is 0 Å². The van der Waals surface area contributed by atoms with Gasteiger partial charge in [0.15, 0.2) is 0 Å². The van der Waals surface area contributed by atoms with Gasteiger partial charge in [-0.25, -0.2) is 9.59 Å². The zero-order chi connectivity index (χ0) is 27.7. The maximum atomic E-state index is 12.8. The molecule has 4 nitrogen and oxygen atoms in total. The molecule has 1 aromatic carbocycles. The highest BCUT2D eigenvalue weighted by Crippen LogP contribution is 2.20. The van der Waals surface area contributed by atoms with Gasteiger partial charge in [-0.3, -0.25) is 0 Å². The molecule has 0 heterocycles. The smallest absolute Gasteiger partial charge is 0.339 e. The number of benzene rings is 1. The van der Waals surface area contributed by atoms with Gasteiger partial charge in [-0.05, 0) is 37.8 Å². The highest BCUT2D eigenvalue weighted by atomic mass is 16.5. The van der Waals surface area contributed by atoms with E-state index in [1.165, 1.54) is 122 Å². The molecule has 0 saturated heterocycles. The SMILES string of the molecule is CCCCCCCCCCCCCCCCCCC(CCCCCCC)OC(=O)c1ccccc1C(=O)O. The number of hydrogen-bond donors (Lipinski definition) is 1. The Bertz CT molecular complexity index is 714. The first kappa shape index (κ1) is 34.2. The number of carbonyl (C=O) groups is 2. The lowest BCUT2D eigenvalue weighted by Gasteiger charge is -2.19. The third-order valence-corrected chi connectivity index (χ3v) is 7.66. The molecular formula is C34H58O4. The van der Waals surface area contributed by atoms with E-state index in [4.69, 9.17) is 4.74 Å². The van der Waals surface area contributed by atoms with E-state index >= 15 is 0 Å². The second kappa shape index (κ2) is 24.2. The molecule has 1 atom stereocenters. The largest absolute Gasteiger partial charge is 0.478 e. The van der Waals surface area contributed by atoms with Crippen LogP contribution in [0.4, 0.5) is 0 Å². The number of rotatable bonds is 26. The first-order chi connectivity index (χ1) is 18.6. The summed E-state index contributed by atoms with van der Waals surface area (Å²) in [6.45, 7) is 4.49. The first-order valence-corrected chi connectivity index (χ1v) is 16.1. The second-order valence-electron chi connectivity index (χ2n) is 11.2. The molecule has 0 fully saturated rings. The van der Waals surface area contributed by atoms with Gasteiger partial charge < -0.3 is 9.84 Å². The van der Waals surface area contributed by atoms with Gasteiger partial charge in [-0.15, -0.1) is 0 Å². The third-order valence-electron chi connectivity index (χ3n) is 7.66. The van der Waals surface area contributed by atoms with Crippen LogP contribution in [0, 0.1) is 0 Å². The van der Waals surface area contributed by atoms with E-state index in [0.717, 1.165) is 32.1 Å². The number of esters is 1. The number of carboxylic acid groups (broad SMARTS) is 1. The Hall–Kier alpha value is -1.84. The summed E-state index contributed by atoms with van der Waals surface area (Å²) in [4.78, 5) is 24.3. The topological polar surface area (TPSA) is 63.6 Å². The molecule has 1 N–H and O–H groups in total. The van der Waals surface area contributed by atoms with Gasteiger partial charge in [0.1, 0.15) is 6.10 Å². The van der Waals surface area contributed by atoms with Crippen molar-refractivity contribution in [2.75, 3.05) is 0 Å². The Morgan fingerprint density at radius 3 is 1.29 bits per heavy atom. The van der Waals surface area contributed by atoms with Crippen LogP contribution in [0.2, 0.25) is 0 Å². The van der Waals surface area contributed by atoms with Crippen LogP contribution in [-0.2, 0) is 4.74 Å². The van der Waals surface area contributed by atoms with Crippen LogP contribution >= 0.6 is 0 Å². The van der Waals surface area contributed by atoms with E-state index in [1.54, 1.807) is 18.2 Å². The normalized spacial score (nSPS) is 11.9. The van der Waals surface area contributed by atoms with Crippen molar-refractivity contribution in [3.63, 3.8) is 0 Å². The van der Waals surface area contributed by atoms with Crippen molar-refractivity contribution in [3.8, 4) is 0 Å². The highest BCUT2D eigenvalue weighted by Gasteiger charge is 2.20. The molecule has 4 heteroatoms. The van der Waals surface area contributed by atoms with Gasteiger partial charge in [0.05, 0.1) is 11.1 Å². The van der Waals surface area contributed by atoms with Crippen molar-refractivity contribution in [1.29, 1.82) is 0 Å². The molecule has 1 aromatic rings. The molecule has 0 aliphatic heterocycles. The van der Waals surface area contributed by atoms with E-state index in [1.807, 2.05) is 0 Å². The number of carboxylic acids is 1. The number of ether oxygens (including phenoxy) is 1. The van der Waals surface area contributed by atoms with Crippen LogP contribution < -0.4 is 0 Å². The summed E-state index contributed by atoms with van der Waals surface area (Å²) in [7, 11) is 0. The van der Waals surface area contributed by atoms with Crippen molar-refractivity contribution in [3.05, 3.63) is 35.4 Å². The fraction of sp³-hybridized carbons (Fsp3) is 0.765. The van der Waals surface area contributed by atoms with Crippen molar-refractivity contribution in [2.45, 2.75) is 168 Å². The minimum absolute atomic E-state index is 0.0154. The summed E-state index contributed by atoms with van der Waals surface area (Å²) >= 11 is 0. The fourth-order valence-electron chi connectivity index (χ4n) is 5.22. The number of aromatic carboxylic acids is 1. The van der Waals surface area contributed by atoms with Gasteiger partial charge in [0, 0.05) is 0 Å². The molecule has 0 radical (unpaired) electrons. The predicted octanol–water partition coefficient (Wildman–Crippen LogP) is 10.9. The van der Waals surface area contributed by atoms with E-state index in [0.29, 0.717) is 0 Å². The summed E-state index contributed by atoms with van der Waals surface area (Å²) in [6.07, 6.45) is 29.0. The summed E-state index contributed by atoms with van der Waals surface area (Å²) in [5.41, 5.74) is 0.171. The van der Waals surface area contributed by atoms with E-state index in [9.17, 15) is 14.7 Å². The zero-order valence-corrected chi connectivity index (χ0v) is 24.8. The van der Waals surface area contributed by atoms with Gasteiger partial charge in [0.25, 0.3) is 0 Å². The van der Waals surface area contributed by atoms with Crippen molar-refractivity contribution in [2.24, 2.45) is 0 Å². The van der Waals surface area contributed by atoms with E-state index < -0.39 is 11.9 Å². The molecule has 0 spiro atoms. The van der Waals surface area contributed by atoms with Crippen molar-refractivity contribution >= 4 is 11.9 Å². The molecule has 0 aliphatic carbocycles. The third kappa shape index (κ3) is 17.6. The van der Waals surface area contributed by atoms with Crippen molar-refractivity contribution < 1.29 is 19.4 Å². The molecule has 38 heavy (non-hydrogen) atoms. The van der Waals surface area contributed by atoms with Gasteiger partial charge >= 0.3 is 11.9 Å². The van der Waals surface area contributed by atoms with Crippen LogP contribution in [0.3, 0.4) is 0 Å². The number of unbranched alkanes of at least 4 members (excludes halogenated alkanes) is 19. The Labute approximate surface area is 234 Å². The molecule has 0 amide bonds. The summed E-state index contributed by atoms with van der Waals surface area (Å²) < 4.78 is 5.86. The zero-order valence-electron chi connectivity index (χ0n) is 24.8. The summed E-state index contributed by atoms with van der Waals surface area (Å²) in [6, 6.07) is 6.35. The van der Waals surface area contributed by atoms with E-state index in [2.05, 4.69) is 13.8 Å². The van der Waals surface area contributed by atoms with Crippen LogP contribution in [0.1, 0.15) is 182 Å². The average Bonchev–Trinajstić information content (AvgIpc) is 2.92. The van der Waals surface area contributed by atoms with Gasteiger partial charge in [-0.2, -0.15) is 0 Å². The maximum absolute atomic E-state index is 12.8. The van der Waals surface area contributed by atoms with Gasteiger partial charge in [0.2, 0.25) is 0 Å². The lowest BCUT2D eigenvalue weighted by molar-refractivity contribution is 0.0244. The molecular weight excluding hydrogens is 472 g/mol.